The molecule has 0 spiro atoms. The van der Waals surface area contributed by atoms with Crippen molar-refractivity contribution in [3.8, 4) is 17.1 Å². The summed E-state index contributed by atoms with van der Waals surface area (Å²) >= 11 is 0. The molecular weight excluding hydrogens is 300 g/mol. The summed E-state index contributed by atoms with van der Waals surface area (Å²) in [5, 5.41) is 3.18. The molecule has 0 saturated heterocycles. The third kappa shape index (κ3) is 2.54. The average molecular weight is 316 g/mol. The Hall–Kier alpha value is -3.07. The van der Waals surface area contributed by atoms with Gasteiger partial charge in [0.1, 0.15) is 23.7 Å². The molecule has 0 aliphatic heterocycles. The first-order chi connectivity index (χ1) is 11.7. The number of fused-ring (bicyclic) bond motifs is 2. The van der Waals surface area contributed by atoms with Crippen molar-refractivity contribution >= 4 is 27.5 Å². The van der Waals surface area contributed by atoms with E-state index in [4.69, 9.17) is 9.15 Å². The first-order valence-corrected chi connectivity index (χ1v) is 7.85. The quantitative estimate of drug-likeness (QED) is 0.518. The van der Waals surface area contributed by atoms with Gasteiger partial charge >= 0.3 is 0 Å². The highest BCUT2D eigenvalue weighted by Gasteiger charge is 2.16. The van der Waals surface area contributed by atoms with Gasteiger partial charge in [-0.25, -0.2) is 0 Å². The highest BCUT2D eigenvalue weighted by molar-refractivity contribution is 6.00. The van der Waals surface area contributed by atoms with E-state index in [1.165, 1.54) is 6.92 Å². The van der Waals surface area contributed by atoms with Crippen molar-refractivity contribution in [2.24, 2.45) is 0 Å². The molecule has 0 bridgehead atoms. The molecule has 1 heterocycles. The number of carbonyl (C=O) groups excluding carboxylic acids is 1. The van der Waals surface area contributed by atoms with Gasteiger partial charge in [0.2, 0.25) is 0 Å². The van der Waals surface area contributed by atoms with Crippen LogP contribution in [0, 0.1) is 0 Å². The molecule has 118 valence electrons. The molecule has 0 fully saturated rings. The highest BCUT2D eigenvalue weighted by atomic mass is 16.5. The SMILES string of the molecule is CC(=O)COc1ccc2ccccc2c1-c1cc2ccccc2o1. The number of para-hydroxylation sites is 1. The summed E-state index contributed by atoms with van der Waals surface area (Å²) in [6.07, 6.45) is 0. The Kier molecular flexibility index (Phi) is 3.54. The largest absolute Gasteiger partial charge is 0.485 e. The van der Waals surface area contributed by atoms with Gasteiger partial charge in [-0.05, 0) is 35.9 Å². The number of Topliss-reactive ketones (excluding diaryl/α,β-unsaturated/α-hetero) is 1. The zero-order valence-electron chi connectivity index (χ0n) is 13.3. The van der Waals surface area contributed by atoms with Gasteiger partial charge in [0, 0.05) is 5.39 Å². The van der Waals surface area contributed by atoms with Crippen LogP contribution < -0.4 is 4.74 Å². The number of ether oxygens (including phenoxy) is 1. The maximum atomic E-state index is 11.3. The second-order valence-electron chi connectivity index (χ2n) is 5.80. The number of carbonyl (C=O) groups is 1. The van der Waals surface area contributed by atoms with Crippen molar-refractivity contribution in [2.45, 2.75) is 6.92 Å². The van der Waals surface area contributed by atoms with Crippen LogP contribution in [-0.4, -0.2) is 12.4 Å². The van der Waals surface area contributed by atoms with Crippen LogP contribution in [0.15, 0.2) is 71.1 Å². The fraction of sp³-hybridized carbons (Fsp3) is 0.0952. The molecular formula is C21H16O3. The smallest absolute Gasteiger partial charge is 0.167 e. The molecule has 1 aromatic heterocycles. The number of ketones is 1. The average Bonchev–Trinajstić information content (AvgIpc) is 3.02. The third-order valence-electron chi connectivity index (χ3n) is 3.99. The molecule has 0 N–H and O–H groups in total. The fourth-order valence-corrected chi connectivity index (χ4v) is 2.91. The van der Waals surface area contributed by atoms with Gasteiger partial charge in [-0.3, -0.25) is 4.79 Å². The lowest BCUT2D eigenvalue weighted by atomic mass is 10.0. The number of benzene rings is 3. The van der Waals surface area contributed by atoms with E-state index in [0.717, 1.165) is 33.1 Å². The predicted octanol–water partition coefficient (Wildman–Crippen LogP) is 5.22. The van der Waals surface area contributed by atoms with Crippen LogP contribution in [0.5, 0.6) is 5.75 Å². The maximum absolute atomic E-state index is 11.3. The van der Waals surface area contributed by atoms with E-state index in [1.54, 1.807) is 0 Å². The van der Waals surface area contributed by atoms with Gasteiger partial charge in [0.15, 0.2) is 5.78 Å². The predicted molar refractivity (Wildman–Crippen MR) is 95.3 cm³/mol. The summed E-state index contributed by atoms with van der Waals surface area (Å²) < 4.78 is 11.8. The monoisotopic (exact) mass is 316 g/mol. The first kappa shape index (κ1) is 14.5. The minimum Gasteiger partial charge on any atom is -0.485 e. The van der Waals surface area contributed by atoms with E-state index in [-0.39, 0.29) is 12.4 Å². The number of hydrogen-bond donors (Lipinski definition) is 0. The van der Waals surface area contributed by atoms with E-state index in [9.17, 15) is 4.79 Å². The molecule has 0 amide bonds. The molecule has 4 rings (SSSR count). The molecule has 0 aliphatic carbocycles. The minimum atomic E-state index is -0.0151. The minimum absolute atomic E-state index is 0.0151. The summed E-state index contributed by atoms with van der Waals surface area (Å²) in [6.45, 7) is 1.56. The summed E-state index contributed by atoms with van der Waals surface area (Å²) in [4.78, 5) is 11.3. The molecule has 3 heteroatoms. The summed E-state index contributed by atoms with van der Waals surface area (Å²) in [6, 6.07) is 21.9. The van der Waals surface area contributed by atoms with E-state index in [2.05, 4.69) is 6.07 Å². The molecule has 0 unspecified atom stereocenters. The second kappa shape index (κ2) is 5.85. The van der Waals surface area contributed by atoms with Crippen molar-refractivity contribution in [3.05, 3.63) is 66.7 Å². The first-order valence-electron chi connectivity index (χ1n) is 7.85. The van der Waals surface area contributed by atoms with Crippen molar-refractivity contribution in [2.75, 3.05) is 6.61 Å². The number of furan rings is 1. The lowest BCUT2D eigenvalue weighted by Gasteiger charge is -2.12. The zero-order chi connectivity index (χ0) is 16.5. The number of hydrogen-bond acceptors (Lipinski definition) is 3. The standard InChI is InChI=1S/C21H16O3/c1-14(22)13-23-19-11-10-15-6-2-4-8-17(15)21(19)20-12-16-7-3-5-9-18(16)24-20/h2-12H,13H2,1H3. The van der Waals surface area contributed by atoms with Crippen molar-refractivity contribution in [3.63, 3.8) is 0 Å². The molecule has 4 aromatic rings. The van der Waals surface area contributed by atoms with Crippen LogP contribution in [0.25, 0.3) is 33.1 Å². The van der Waals surface area contributed by atoms with Gasteiger partial charge in [0.05, 0.1) is 5.56 Å². The fourth-order valence-electron chi connectivity index (χ4n) is 2.91. The van der Waals surface area contributed by atoms with Crippen LogP contribution >= 0.6 is 0 Å². The van der Waals surface area contributed by atoms with Crippen molar-refractivity contribution in [1.29, 1.82) is 0 Å². The zero-order valence-corrected chi connectivity index (χ0v) is 13.3. The summed E-state index contributed by atoms with van der Waals surface area (Å²) in [5.74, 6) is 1.38. The van der Waals surface area contributed by atoms with E-state index in [1.807, 2.05) is 60.7 Å². The third-order valence-corrected chi connectivity index (χ3v) is 3.99. The van der Waals surface area contributed by atoms with Gasteiger partial charge in [-0.1, -0.05) is 48.5 Å². The van der Waals surface area contributed by atoms with Crippen molar-refractivity contribution < 1.29 is 13.9 Å². The molecule has 3 aromatic carbocycles. The lowest BCUT2D eigenvalue weighted by molar-refractivity contribution is -0.118. The van der Waals surface area contributed by atoms with Crippen LogP contribution in [0.2, 0.25) is 0 Å². The van der Waals surface area contributed by atoms with E-state index < -0.39 is 0 Å². The topological polar surface area (TPSA) is 39.4 Å². The van der Waals surface area contributed by atoms with Gasteiger partial charge in [-0.15, -0.1) is 0 Å². The second-order valence-corrected chi connectivity index (χ2v) is 5.80. The Balaban J connectivity index is 1.95. The Morgan fingerprint density at radius 3 is 2.50 bits per heavy atom. The van der Waals surface area contributed by atoms with Crippen LogP contribution in [0.1, 0.15) is 6.92 Å². The molecule has 0 atom stereocenters. The van der Waals surface area contributed by atoms with Gasteiger partial charge in [-0.2, -0.15) is 0 Å². The summed E-state index contributed by atoms with van der Waals surface area (Å²) in [7, 11) is 0. The van der Waals surface area contributed by atoms with Gasteiger partial charge in [0.25, 0.3) is 0 Å². The lowest BCUT2D eigenvalue weighted by Crippen LogP contribution is -2.07. The van der Waals surface area contributed by atoms with Gasteiger partial charge < -0.3 is 9.15 Å². The van der Waals surface area contributed by atoms with Crippen molar-refractivity contribution in [1.82, 2.24) is 0 Å². The summed E-state index contributed by atoms with van der Waals surface area (Å²) in [5.41, 5.74) is 1.71. The Labute approximate surface area is 139 Å². The Morgan fingerprint density at radius 2 is 1.71 bits per heavy atom. The van der Waals surface area contributed by atoms with E-state index in [0.29, 0.717) is 5.75 Å². The molecule has 3 nitrogen and oxygen atoms in total. The maximum Gasteiger partial charge on any atom is 0.167 e. The Bertz CT molecular complexity index is 1010. The van der Waals surface area contributed by atoms with Crippen LogP contribution in [0.3, 0.4) is 0 Å². The van der Waals surface area contributed by atoms with Crippen LogP contribution in [-0.2, 0) is 4.79 Å². The highest BCUT2D eigenvalue weighted by Crippen LogP contribution is 2.39. The number of rotatable bonds is 4. The van der Waals surface area contributed by atoms with Crippen LogP contribution in [0.4, 0.5) is 0 Å². The molecule has 0 aliphatic rings. The molecule has 0 saturated carbocycles. The normalized spacial score (nSPS) is 11.0. The molecule has 24 heavy (non-hydrogen) atoms. The Morgan fingerprint density at radius 1 is 0.958 bits per heavy atom. The van der Waals surface area contributed by atoms with E-state index >= 15 is 0 Å². The molecule has 0 radical (unpaired) electrons.